The topological polar surface area (TPSA) is 79.4 Å². The zero-order valence-corrected chi connectivity index (χ0v) is 7.63. The van der Waals surface area contributed by atoms with E-state index in [1.54, 1.807) is 14.0 Å². The highest BCUT2D eigenvalue weighted by molar-refractivity contribution is 5.78. The van der Waals surface area contributed by atoms with Crippen LogP contribution in [-0.4, -0.2) is 37.0 Å². The third-order valence-electron chi connectivity index (χ3n) is 1.64. The molecule has 70 valence electrons. The van der Waals surface area contributed by atoms with Gasteiger partial charge in [-0.2, -0.15) is 0 Å². The van der Waals surface area contributed by atoms with E-state index in [0.29, 0.717) is 6.42 Å². The van der Waals surface area contributed by atoms with Gasteiger partial charge in [0.2, 0.25) is 0 Å². The molecule has 0 rings (SSSR count). The number of nitrogens with one attached hydrogen (secondary N) is 1. The van der Waals surface area contributed by atoms with Crippen LogP contribution in [0.5, 0.6) is 0 Å². The van der Waals surface area contributed by atoms with Gasteiger partial charge in [-0.25, -0.2) is 4.79 Å². The molecular weight excluding hydrogens is 158 g/mol. The Morgan fingerprint density at radius 3 is 2.58 bits per heavy atom. The first kappa shape index (κ1) is 10.7. The Morgan fingerprint density at radius 2 is 2.25 bits per heavy atom. The third kappa shape index (κ3) is 3.23. The molecule has 5 heteroatoms. The maximum absolute atomic E-state index is 10.9. The Balaban J connectivity index is 4.00. The zero-order chi connectivity index (χ0) is 9.72. The van der Waals surface area contributed by atoms with Crippen molar-refractivity contribution in [2.75, 3.05) is 14.2 Å². The number of amides is 1. The molecule has 0 fully saturated rings. The fourth-order valence-electron chi connectivity index (χ4n) is 0.779. The summed E-state index contributed by atoms with van der Waals surface area (Å²) in [5.41, 5.74) is 5.18. The number of nitrogens with zero attached hydrogens (tertiary/aromatic N) is 1. The summed E-state index contributed by atoms with van der Waals surface area (Å²) in [6, 6.07) is -0.102. The van der Waals surface area contributed by atoms with Crippen molar-refractivity contribution >= 4 is 11.9 Å². The zero-order valence-electron chi connectivity index (χ0n) is 7.63. The predicted octanol–water partition coefficient (Wildman–Crippen LogP) is 0.399. The van der Waals surface area contributed by atoms with Crippen LogP contribution in [0.4, 0.5) is 4.79 Å². The first-order chi connectivity index (χ1) is 5.49. The molecule has 12 heavy (non-hydrogen) atoms. The lowest BCUT2D eigenvalue weighted by atomic mass is 10.2. The van der Waals surface area contributed by atoms with Crippen molar-refractivity contribution in [1.29, 1.82) is 5.41 Å². The molecule has 1 unspecified atom stereocenters. The molecule has 0 saturated heterocycles. The second kappa shape index (κ2) is 4.58. The molecule has 0 aromatic heterocycles. The van der Waals surface area contributed by atoms with Crippen LogP contribution in [0.15, 0.2) is 0 Å². The van der Waals surface area contributed by atoms with Gasteiger partial charge in [-0.3, -0.25) is 5.41 Å². The van der Waals surface area contributed by atoms with Gasteiger partial charge < -0.3 is 15.4 Å². The molecule has 0 radical (unpaired) electrons. The van der Waals surface area contributed by atoms with E-state index < -0.39 is 6.09 Å². The van der Waals surface area contributed by atoms with Crippen LogP contribution >= 0.6 is 0 Å². The van der Waals surface area contributed by atoms with Crippen molar-refractivity contribution in [2.45, 2.75) is 19.4 Å². The lowest BCUT2D eigenvalue weighted by Crippen LogP contribution is -2.37. The van der Waals surface area contributed by atoms with E-state index in [1.807, 2.05) is 0 Å². The van der Waals surface area contributed by atoms with Crippen LogP contribution in [0.2, 0.25) is 0 Å². The monoisotopic (exact) mass is 173 g/mol. The summed E-state index contributed by atoms with van der Waals surface area (Å²) in [6.07, 6.45) is -0.0465. The van der Waals surface area contributed by atoms with Crippen molar-refractivity contribution < 1.29 is 9.53 Å². The van der Waals surface area contributed by atoms with Crippen LogP contribution < -0.4 is 5.73 Å². The number of hydrogen-bond donors (Lipinski definition) is 2. The average molecular weight is 173 g/mol. The molecule has 5 nitrogen and oxygen atoms in total. The second-order valence-corrected chi connectivity index (χ2v) is 2.66. The largest absolute Gasteiger partial charge is 0.453 e. The van der Waals surface area contributed by atoms with Crippen LogP contribution in [-0.2, 0) is 4.74 Å². The number of methoxy groups -OCH3 is 1. The molecule has 0 aliphatic rings. The summed E-state index contributed by atoms with van der Waals surface area (Å²) in [5.74, 6) is 0.0678. The van der Waals surface area contributed by atoms with Gasteiger partial charge >= 0.3 is 6.09 Å². The van der Waals surface area contributed by atoms with Crippen molar-refractivity contribution in [3.63, 3.8) is 0 Å². The fourth-order valence-corrected chi connectivity index (χ4v) is 0.779. The van der Waals surface area contributed by atoms with E-state index in [0.717, 1.165) is 0 Å². The normalized spacial score (nSPS) is 11.9. The third-order valence-corrected chi connectivity index (χ3v) is 1.64. The highest BCUT2D eigenvalue weighted by Gasteiger charge is 2.15. The molecule has 0 aliphatic heterocycles. The maximum Gasteiger partial charge on any atom is 0.409 e. The molecule has 0 saturated carbocycles. The lowest BCUT2D eigenvalue weighted by Gasteiger charge is -2.22. The predicted molar refractivity (Wildman–Crippen MR) is 46.2 cm³/mol. The smallest absolute Gasteiger partial charge is 0.409 e. The molecule has 0 spiro atoms. The van der Waals surface area contributed by atoms with E-state index in [2.05, 4.69) is 4.74 Å². The van der Waals surface area contributed by atoms with Crippen LogP contribution in [0.1, 0.15) is 13.3 Å². The first-order valence-electron chi connectivity index (χ1n) is 3.62. The Morgan fingerprint density at radius 1 is 1.75 bits per heavy atom. The Bertz CT molecular complexity index is 181. The molecule has 0 bridgehead atoms. The molecule has 1 amide bonds. The Labute approximate surface area is 72.0 Å². The summed E-state index contributed by atoms with van der Waals surface area (Å²) >= 11 is 0. The van der Waals surface area contributed by atoms with E-state index in [4.69, 9.17) is 11.1 Å². The molecule has 0 aromatic carbocycles. The second-order valence-electron chi connectivity index (χ2n) is 2.66. The van der Waals surface area contributed by atoms with Crippen molar-refractivity contribution in [3.05, 3.63) is 0 Å². The van der Waals surface area contributed by atoms with E-state index >= 15 is 0 Å². The van der Waals surface area contributed by atoms with E-state index in [-0.39, 0.29) is 11.9 Å². The van der Waals surface area contributed by atoms with Crippen molar-refractivity contribution in [3.8, 4) is 0 Å². The highest BCUT2D eigenvalue weighted by Crippen LogP contribution is 2.01. The van der Waals surface area contributed by atoms with Gasteiger partial charge in [0.05, 0.1) is 12.9 Å². The summed E-state index contributed by atoms with van der Waals surface area (Å²) in [7, 11) is 2.93. The summed E-state index contributed by atoms with van der Waals surface area (Å²) in [4.78, 5) is 12.3. The maximum atomic E-state index is 10.9. The lowest BCUT2D eigenvalue weighted by molar-refractivity contribution is 0.121. The Kier molecular flexibility index (Phi) is 4.10. The van der Waals surface area contributed by atoms with Crippen LogP contribution in [0, 0.1) is 5.41 Å². The number of carbonyl (C=O) groups excluding carboxylic acids is 1. The highest BCUT2D eigenvalue weighted by atomic mass is 16.5. The van der Waals surface area contributed by atoms with E-state index in [1.165, 1.54) is 12.0 Å². The van der Waals surface area contributed by atoms with Gasteiger partial charge in [0.25, 0.3) is 0 Å². The molecule has 1 atom stereocenters. The average Bonchev–Trinajstić information content (AvgIpc) is 2.00. The van der Waals surface area contributed by atoms with Crippen LogP contribution in [0.3, 0.4) is 0 Å². The molecule has 3 N–H and O–H groups in total. The summed E-state index contributed by atoms with van der Waals surface area (Å²) in [5, 5.41) is 7.02. The van der Waals surface area contributed by atoms with Gasteiger partial charge in [-0.15, -0.1) is 0 Å². The number of hydrogen-bond acceptors (Lipinski definition) is 3. The number of rotatable bonds is 3. The number of carbonyl (C=O) groups is 1. The quantitative estimate of drug-likeness (QED) is 0.479. The fraction of sp³-hybridized carbons (Fsp3) is 0.714. The standard InChI is InChI=1S/C7H15N3O2/c1-5(4-6(8)9)10(2)7(11)12-3/h5H,4H2,1-3H3,(H3,8,9). The van der Waals surface area contributed by atoms with Gasteiger partial charge in [-0.1, -0.05) is 0 Å². The van der Waals surface area contributed by atoms with Gasteiger partial charge in [0, 0.05) is 19.5 Å². The minimum Gasteiger partial charge on any atom is -0.453 e. The summed E-state index contributed by atoms with van der Waals surface area (Å²) in [6.45, 7) is 1.80. The van der Waals surface area contributed by atoms with Crippen molar-refractivity contribution in [2.24, 2.45) is 5.73 Å². The van der Waals surface area contributed by atoms with Gasteiger partial charge in [0.15, 0.2) is 0 Å². The number of ether oxygens (including phenoxy) is 1. The van der Waals surface area contributed by atoms with Crippen molar-refractivity contribution in [1.82, 2.24) is 4.90 Å². The minimum atomic E-state index is -0.413. The molecule has 0 heterocycles. The SMILES string of the molecule is COC(=O)N(C)C(C)CC(=N)N. The minimum absolute atomic E-state index is 0.0678. The summed E-state index contributed by atoms with van der Waals surface area (Å²) < 4.78 is 4.49. The first-order valence-corrected chi connectivity index (χ1v) is 3.62. The molecular formula is C7H15N3O2. The van der Waals surface area contributed by atoms with Gasteiger partial charge in [0.1, 0.15) is 0 Å². The van der Waals surface area contributed by atoms with Gasteiger partial charge in [-0.05, 0) is 6.92 Å². The molecule has 0 aliphatic carbocycles. The molecule has 0 aromatic rings. The Hall–Kier alpha value is -1.26. The van der Waals surface area contributed by atoms with Crippen LogP contribution in [0.25, 0.3) is 0 Å². The van der Waals surface area contributed by atoms with E-state index in [9.17, 15) is 4.79 Å². The number of nitrogens with two attached hydrogens (primary N) is 1. The number of amidine groups is 1.